The van der Waals surface area contributed by atoms with Gasteiger partial charge in [0.25, 0.3) is 0 Å². The summed E-state index contributed by atoms with van der Waals surface area (Å²) in [5.41, 5.74) is 0. The van der Waals surface area contributed by atoms with Crippen molar-refractivity contribution in [3.8, 4) is 0 Å². The fraction of sp³-hybridized carbons (Fsp3) is 0.750. The van der Waals surface area contributed by atoms with Crippen LogP contribution < -0.4 is 5.32 Å². The molecule has 0 saturated heterocycles. The van der Waals surface area contributed by atoms with Crippen molar-refractivity contribution in [3.05, 3.63) is 12.4 Å². The van der Waals surface area contributed by atoms with Gasteiger partial charge in [0.2, 0.25) is 0 Å². The van der Waals surface area contributed by atoms with E-state index in [1.54, 1.807) is 0 Å². The summed E-state index contributed by atoms with van der Waals surface area (Å²) in [4.78, 5) is 4.27. The van der Waals surface area contributed by atoms with Crippen molar-refractivity contribution in [2.24, 2.45) is 13.0 Å². The molecule has 0 fully saturated rings. The molecule has 0 atom stereocenters. The van der Waals surface area contributed by atoms with Gasteiger partial charge in [-0.1, -0.05) is 25.6 Å². The second-order valence-corrected chi connectivity index (χ2v) is 5.52. The van der Waals surface area contributed by atoms with Crippen LogP contribution in [-0.2, 0) is 7.05 Å². The van der Waals surface area contributed by atoms with Crippen LogP contribution in [0, 0.1) is 5.92 Å². The zero-order chi connectivity index (χ0) is 11.8. The Labute approximate surface area is 103 Å². The second kappa shape index (κ2) is 7.74. The molecule has 0 saturated carbocycles. The number of thioether (sulfide) groups is 1. The molecule has 92 valence electrons. The van der Waals surface area contributed by atoms with E-state index in [-0.39, 0.29) is 0 Å². The number of aryl methyl sites for hydroxylation is 1. The Kier molecular flexibility index (Phi) is 6.57. The van der Waals surface area contributed by atoms with Crippen LogP contribution in [0.15, 0.2) is 17.6 Å². The Morgan fingerprint density at radius 3 is 2.88 bits per heavy atom. The van der Waals surface area contributed by atoms with Gasteiger partial charge in [-0.15, -0.1) is 0 Å². The van der Waals surface area contributed by atoms with Gasteiger partial charge in [0.05, 0.1) is 0 Å². The zero-order valence-corrected chi connectivity index (χ0v) is 11.4. The van der Waals surface area contributed by atoms with Gasteiger partial charge in [-0.2, -0.15) is 0 Å². The van der Waals surface area contributed by atoms with Crippen molar-refractivity contribution >= 4 is 11.8 Å². The Bertz CT molecular complexity index is 284. The van der Waals surface area contributed by atoms with Crippen molar-refractivity contribution in [1.82, 2.24) is 14.9 Å². The van der Waals surface area contributed by atoms with Gasteiger partial charge < -0.3 is 9.88 Å². The lowest BCUT2D eigenvalue weighted by atomic mass is 10.1. The summed E-state index contributed by atoms with van der Waals surface area (Å²) in [6.45, 7) is 6.75. The first-order valence-electron chi connectivity index (χ1n) is 6.01. The van der Waals surface area contributed by atoms with Gasteiger partial charge >= 0.3 is 0 Å². The predicted octanol–water partition coefficient (Wildman–Crippen LogP) is 2.54. The molecule has 1 rings (SSSR count). The molecule has 3 nitrogen and oxygen atoms in total. The summed E-state index contributed by atoms with van der Waals surface area (Å²) in [5, 5.41) is 4.57. The van der Waals surface area contributed by atoms with E-state index in [1.807, 2.05) is 31.2 Å². The van der Waals surface area contributed by atoms with Gasteiger partial charge in [-0.3, -0.25) is 0 Å². The van der Waals surface area contributed by atoms with E-state index in [2.05, 4.69) is 28.7 Å². The Morgan fingerprint density at radius 2 is 2.25 bits per heavy atom. The quantitative estimate of drug-likeness (QED) is 0.560. The van der Waals surface area contributed by atoms with Crippen LogP contribution in [0.25, 0.3) is 0 Å². The van der Waals surface area contributed by atoms with Crippen molar-refractivity contribution < 1.29 is 0 Å². The third-order valence-corrected chi connectivity index (χ3v) is 3.48. The van der Waals surface area contributed by atoms with E-state index < -0.39 is 0 Å². The normalized spacial score (nSPS) is 11.2. The Hall–Kier alpha value is -0.480. The van der Waals surface area contributed by atoms with Crippen LogP contribution >= 0.6 is 11.8 Å². The fourth-order valence-corrected chi connectivity index (χ4v) is 2.29. The minimum absolute atomic E-state index is 0.823. The lowest BCUT2D eigenvalue weighted by Crippen LogP contribution is -2.18. The largest absolute Gasteiger partial charge is 0.329 e. The highest BCUT2D eigenvalue weighted by molar-refractivity contribution is 7.99. The molecule has 0 bridgehead atoms. The summed E-state index contributed by atoms with van der Waals surface area (Å²) in [7, 11) is 2.03. The number of nitrogens with one attached hydrogen (secondary N) is 1. The molecule has 1 N–H and O–H groups in total. The van der Waals surface area contributed by atoms with E-state index in [4.69, 9.17) is 0 Å². The maximum atomic E-state index is 4.27. The summed E-state index contributed by atoms with van der Waals surface area (Å²) in [6, 6.07) is 0. The summed E-state index contributed by atoms with van der Waals surface area (Å²) >= 11 is 1.81. The van der Waals surface area contributed by atoms with E-state index in [9.17, 15) is 0 Å². The van der Waals surface area contributed by atoms with Gasteiger partial charge in [0.1, 0.15) is 0 Å². The van der Waals surface area contributed by atoms with Crippen molar-refractivity contribution in [1.29, 1.82) is 0 Å². The Morgan fingerprint density at radius 1 is 1.44 bits per heavy atom. The van der Waals surface area contributed by atoms with Crippen LogP contribution in [0.4, 0.5) is 0 Å². The molecule has 0 unspecified atom stereocenters. The first-order chi connectivity index (χ1) is 7.70. The van der Waals surface area contributed by atoms with E-state index in [0.717, 1.165) is 29.9 Å². The van der Waals surface area contributed by atoms with Gasteiger partial charge in [-0.05, 0) is 25.3 Å². The second-order valence-electron chi connectivity index (χ2n) is 4.46. The first-order valence-corrected chi connectivity index (χ1v) is 6.99. The van der Waals surface area contributed by atoms with Crippen molar-refractivity contribution in [2.75, 3.05) is 18.8 Å². The van der Waals surface area contributed by atoms with E-state index in [0.29, 0.717) is 0 Å². The average molecular weight is 241 g/mol. The smallest absolute Gasteiger partial charge is 0.167 e. The lowest BCUT2D eigenvalue weighted by Gasteiger charge is -2.06. The van der Waals surface area contributed by atoms with Gasteiger partial charge in [0, 0.05) is 31.7 Å². The maximum absolute atomic E-state index is 4.27. The predicted molar refractivity (Wildman–Crippen MR) is 70.9 cm³/mol. The molecule has 0 aliphatic rings. The topological polar surface area (TPSA) is 29.9 Å². The molecule has 0 aromatic carbocycles. The number of rotatable bonds is 8. The highest BCUT2D eigenvalue weighted by Crippen LogP contribution is 2.12. The SMILES string of the molecule is CC(C)CCCNCCSc1nccn1C. The molecule has 0 aliphatic heterocycles. The van der Waals surface area contributed by atoms with Gasteiger partial charge in [-0.25, -0.2) is 4.98 Å². The Balaban J connectivity index is 1.94. The fourth-order valence-electron chi connectivity index (χ4n) is 1.47. The van der Waals surface area contributed by atoms with Crippen molar-refractivity contribution in [3.63, 3.8) is 0 Å². The van der Waals surface area contributed by atoms with Crippen LogP contribution in [-0.4, -0.2) is 28.4 Å². The molecular weight excluding hydrogens is 218 g/mol. The molecule has 1 aromatic heterocycles. The molecule has 0 aliphatic carbocycles. The first kappa shape index (κ1) is 13.6. The summed E-state index contributed by atoms with van der Waals surface area (Å²) < 4.78 is 2.06. The molecule has 1 heterocycles. The molecule has 0 amide bonds. The minimum Gasteiger partial charge on any atom is -0.329 e. The third kappa shape index (κ3) is 5.56. The standard InChI is InChI=1S/C12H23N3S/c1-11(2)5-4-6-13-8-10-16-12-14-7-9-15(12)3/h7,9,11,13H,4-6,8,10H2,1-3H3. The molecule has 0 radical (unpaired) electrons. The van der Waals surface area contributed by atoms with E-state index >= 15 is 0 Å². The molecule has 16 heavy (non-hydrogen) atoms. The average Bonchev–Trinajstić information content (AvgIpc) is 2.62. The zero-order valence-electron chi connectivity index (χ0n) is 10.6. The lowest BCUT2D eigenvalue weighted by molar-refractivity contribution is 0.534. The molecular formula is C12H23N3S. The van der Waals surface area contributed by atoms with Gasteiger partial charge in [0.15, 0.2) is 5.16 Å². The molecule has 0 spiro atoms. The monoisotopic (exact) mass is 241 g/mol. The van der Waals surface area contributed by atoms with E-state index in [1.165, 1.54) is 12.8 Å². The minimum atomic E-state index is 0.823. The van der Waals surface area contributed by atoms with Crippen LogP contribution in [0.1, 0.15) is 26.7 Å². The third-order valence-electron chi connectivity index (χ3n) is 2.42. The highest BCUT2D eigenvalue weighted by Gasteiger charge is 1.99. The number of hydrogen-bond acceptors (Lipinski definition) is 3. The number of aromatic nitrogens is 2. The van der Waals surface area contributed by atoms with Crippen LogP contribution in [0.2, 0.25) is 0 Å². The highest BCUT2D eigenvalue weighted by atomic mass is 32.2. The van der Waals surface area contributed by atoms with Crippen molar-refractivity contribution in [2.45, 2.75) is 31.8 Å². The summed E-state index contributed by atoms with van der Waals surface area (Å²) in [5.74, 6) is 1.91. The number of imidazole rings is 1. The van der Waals surface area contributed by atoms with Crippen LogP contribution in [0.3, 0.4) is 0 Å². The maximum Gasteiger partial charge on any atom is 0.167 e. The number of hydrogen-bond donors (Lipinski definition) is 1. The van der Waals surface area contributed by atoms with Crippen LogP contribution in [0.5, 0.6) is 0 Å². The summed E-state index contributed by atoms with van der Waals surface area (Å²) in [6.07, 6.45) is 6.43. The number of nitrogens with zero attached hydrogens (tertiary/aromatic N) is 2. The molecule has 4 heteroatoms. The molecule has 1 aromatic rings.